The summed E-state index contributed by atoms with van der Waals surface area (Å²) in [6.07, 6.45) is 1.94. The van der Waals surface area contributed by atoms with Crippen LogP contribution in [0.2, 0.25) is 0 Å². The van der Waals surface area contributed by atoms with Crippen LogP contribution in [0, 0.1) is 6.67 Å². The van der Waals surface area contributed by atoms with Crippen molar-refractivity contribution in [3.05, 3.63) is 199 Å². The van der Waals surface area contributed by atoms with Gasteiger partial charge in [0.1, 0.15) is 17.3 Å². The van der Waals surface area contributed by atoms with Gasteiger partial charge in [-0.2, -0.15) is 9.18 Å². The van der Waals surface area contributed by atoms with Gasteiger partial charge in [-0.05, 0) is 103 Å². The maximum absolute atomic E-state index is 7.20. The summed E-state index contributed by atoms with van der Waals surface area (Å²) in [5, 5.41) is 2.35. The number of pyridine rings is 1. The molecule has 2 aliphatic rings. The Morgan fingerprint density at radius 3 is 1.88 bits per heavy atom. The van der Waals surface area contributed by atoms with Crippen LogP contribution in [0.25, 0.3) is 49.9 Å². The van der Waals surface area contributed by atoms with Crippen molar-refractivity contribution in [2.24, 2.45) is 0 Å². The largest absolute Gasteiger partial charge is 0.457 e. The fourth-order valence-electron chi connectivity index (χ4n) is 10.7. The number of para-hydroxylation sites is 1. The van der Waals surface area contributed by atoms with E-state index in [1.807, 2.05) is 6.20 Å². The first-order valence-corrected chi connectivity index (χ1v) is 24.3. The molecule has 0 spiro atoms. The second-order valence-electron chi connectivity index (χ2n) is 22.6. The third-order valence-electron chi connectivity index (χ3n) is 14.5. The molecule has 9 aromatic rings. The van der Waals surface area contributed by atoms with Crippen LogP contribution in [0.15, 0.2) is 170 Å². The van der Waals surface area contributed by atoms with Crippen molar-refractivity contribution in [3.8, 4) is 39.6 Å². The lowest BCUT2D eigenvalue weighted by Crippen LogP contribution is -2.47. The van der Waals surface area contributed by atoms with E-state index in [4.69, 9.17) is 9.72 Å². The average Bonchev–Trinajstić information content (AvgIpc) is 3.81. The van der Waals surface area contributed by atoms with Gasteiger partial charge in [-0.15, -0.1) is 0 Å². The molecule has 7 aromatic carbocycles. The Kier molecular flexibility index (Phi) is 9.89. The number of benzene rings is 7. The highest BCUT2D eigenvalue weighted by Gasteiger charge is 2.78. The number of nitrogens with zero attached hydrogens (tertiary/aromatic N) is 4. The SMILES string of the molecule is CC(C)c1ccccc1-c1cc(Oc2ccc3c4ccccc4n(-c4cc(C(C)(C)C)ccn4)c3c2)cc([N+]23[CH-][N@+]2(c2cc(-c4ccccc4)cc(C(C)(C)C)c2)c2cc(C(C)(C)C)ccc23)c1. The number of ether oxygens (including phenoxy) is 1. The van der Waals surface area contributed by atoms with E-state index < -0.39 is 0 Å². The molecule has 0 radical (unpaired) electrons. The molecule has 68 heavy (non-hydrogen) atoms. The Labute approximate surface area is 403 Å². The summed E-state index contributed by atoms with van der Waals surface area (Å²) in [6, 6.07) is 60.7. The minimum Gasteiger partial charge on any atom is -0.457 e. The molecule has 0 bridgehead atoms. The van der Waals surface area contributed by atoms with Crippen LogP contribution in [0.3, 0.4) is 0 Å². The quantitative estimate of drug-likeness (QED) is 0.0863. The van der Waals surface area contributed by atoms with Crippen LogP contribution in [0.4, 0.5) is 22.7 Å². The van der Waals surface area contributed by atoms with Gasteiger partial charge in [0.05, 0.1) is 11.0 Å². The lowest BCUT2D eigenvalue weighted by molar-refractivity contribution is 0.421. The molecule has 0 amide bonds. The molecule has 11 rings (SSSR count). The number of hydrogen-bond donors (Lipinski definition) is 0. The summed E-state index contributed by atoms with van der Waals surface area (Å²) < 4.78 is 10.6. The Bertz CT molecular complexity index is 3450. The number of aromatic nitrogens is 2. The molecule has 2 aromatic heterocycles. The molecule has 2 atom stereocenters. The molecule has 0 aliphatic carbocycles. The lowest BCUT2D eigenvalue weighted by atomic mass is 9.84. The molecule has 1 fully saturated rings. The van der Waals surface area contributed by atoms with Crippen LogP contribution in [0.1, 0.15) is 104 Å². The van der Waals surface area contributed by atoms with Crippen molar-refractivity contribution in [3.63, 3.8) is 0 Å². The topological polar surface area (TPSA) is 27.1 Å². The van der Waals surface area contributed by atoms with Gasteiger partial charge >= 0.3 is 0 Å². The van der Waals surface area contributed by atoms with Gasteiger partial charge in [-0.3, -0.25) is 4.57 Å². The van der Waals surface area contributed by atoms with Crippen LogP contribution < -0.4 is 13.9 Å². The Hall–Kier alpha value is -6.79. The Balaban J connectivity index is 1.12. The first kappa shape index (κ1) is 43.8. The van der Waals surface area contributed by atoms with E-state index in [0.717, 1.165) is 45.0 Å². The van der Waals surface area contributed by atoms with Crippen LogP contribution in [-0.2, 0) is 16.2 Å². The molecule has 5 nitrogen and oxygen atoms in total. The summed E-state index contributed by atoms with van der Waals surface area (Å²) in [4.78, 5) is 4.96. The summed E-state index contributed by atoms with van der Waals surface area (Å²) in [5.74, 6) is 2.80. The zero-order chi connectivity index (χ0) is 47.5. The average molecular weight is 892 g/mol. The molecule has 2 aliphatic heterocycles. The maximum atomic E-state index is 7.20. The number of quaternary nitrogens is 2. The van der Waals surface area contributed by atoms with Crippen molar-refractivity contribution in [1.29, 1.82) is 0 Å². The van der Waals surface area contributed by atoms with E-state index in [1.165, 1.54) is 61.4 Å². The van der Waals surface area contributed by atoms with E-state index in [1.54, 1.807) is 0 Å². The number of fused-ring (bicyclic) bond motifs is 7. The van der Waals surface area contributed by atoms with Gasteiger partial charge in [0.2, 0.25) is 11.4 Å². The number of rotatable bonds is 8. The van der Waals surface area contributed by atoms with Gasteiger partial charge in [0, 0.05) is 59.4 Å². The highest BCUT2D eigenvalue weighted by molar-refractivity contribution is 6.09. The molecule has 0 N–H and O–H groups in total. The second-order valence-corrected chi connectivity index (χ2v) is 22.6. The van der Waals surface area contributed by atoms with Crippen molar-refractivity contribution in [2.45, 2.75) is 98.3 Å². The summed E-state index contributed by atoms with van der Waals surface area (Å²) in [7, 11) is 0. The smallest absolute Gasteiger partial charge is 0.225 e. The fourth-order valence-corrected chi connectivity index (χ4v) is 10.7. The monoisotopic (exact) mass is 891 g/mol. The maximum Gasteiger partial charge on any atom is 0.225 e. The minimum absolute atomic E-state index is 0.0114. The van der Waals surface area contributed by atoms with Gasteiger partial charge < -0.3 is 4.74 Å². The van der Waals surface area contributed by atoms with Gasteiger partial charge in [-0.25, -0.2) is 4.98 Å². The predicted octanol–water partition coefficient (Wildman–Crippen LogP) is 17.7. The molecular formula is C63H63N4O+. The van der Waals surface area contributed by atoms with Crippen LogP contribution in [-0.4, -0.2) is 9.55 Å². The van der Waals surface area contributed by atoms with E-state index in [2.05, 4.69) is 251 Å². The molecule has 1 unspecified atom stereocenters. The highest BCUT2D eigenvalue weighted by Crippen LogP contribution is 2.76. The third kappa shape index (κ3) is 6.93. The summed E-state index contributed by atoms with van der Waals surface area (Å²) >= 11 is 0. The minimum atomic E-state index is -0.0652. The molecule has 5 heteroatoms. The Morgan fingerprint density at radius 1 is 0.485 bits per heavy atom. The van der Waals surface area contributed by atoms with Crippen LogP contribution in [0.5, 0.6) is 11.5 Å². The third-order valence-corrected chi connectivity index (χ3v) is 14.5. The van der Waals surface area contributed by atoms with Crippen molar-refractivity contribution in [2.75, 3.05) is 0 Å². The first-order valence-electron chi connectivity index (χ1n) is 24.3. The lowest BCUT2D eigenvalue weighted by Gasteiger charge is -2.41. The first-order chi connectivity index (χ1) is 32.4. The fraction of sp³-hybridized carbons (Fsp3) is 0.238. The van der Waals surface area contributed by atoms with E-state index in [-0.39, 0.29) is 16.2 Å². The Morgan fingerprint density at radius 2 is 1.13 bits per heavy atom. The second kappa shape index (κ2) is 15.4. The van der Waals surface area contributed by atoms with Crippen molar-refractivity contribution < 1.29 is 4.74 Å². The molecule has 0 saturated carbocycles. The number of hydrogen-bond acceptors (Lipinski definition) is 2. The van der Waals surface area contributed by atoms with Crippen molar-refractivity contribution >= 4 is 44.6 Å². The molecule has 340 valence electrons. The van der Waals surface area contributed by atoms with E-state index in [0.29, 0.717) is 15.1 Å². The highest BCUT2D eigenvalue weighted by atomic mass is 16.5. The van der Waals surface area contributed by atoms with Gasteiger partial charge in [0.25, 0.3) is 0 Å². The molecular weight excluding hydrogens is 829 g/mol. The normalized spacial score (nSPS) is 17.8. The molecule has 4 heterocycles. The summed E-state index contributed by atoms with van der Waals surface area (Å²) in [6.45, 7) is 27.8. The zero-order valence-corrected chi connectivity index (χ0v) is 41.5. The van der Waals surface area contributed by atoms with E-state index >= 15 is 0 Å². The predicted molar refractivity (Wildman–Crippen MR) is 286 cm³/mol. The zero-order valence-electron chi connectivity index (χ0n) is 41.5. The molecule has 1 saturated heterocycles. The standard InChI is InChI=1S/C63H63N4O/c1-41(2)52-21-15-16-22-53(52)44-33-49(38-51(34-44)68-50-26-27-55-54-23-17-18-24-56(54)65(57(55)39-50)60-37-46(29-30-64-60)62(6,7)8)66-40-67(66,59-36-45(61(3,4)5)25-28-58(59)66)48-32-43(42-19-13-12-14-20-42)31-47(35-48)63(9,10)11/h12-41H,1-11H3/q+1/t66?,67-/m0/s1. The van der Waals surface area contributed by atoms with Gasteiger partial charge in [0.15, 0.2) is 18.0 Å². The van der Waals surface area contributed by atoms with Gasteiger partial charge in [-0.1, -0.05) is 161 Å². The van der Waals surface area contributed by atoms with E-state index in [9.17, 15) is 0 Å². The van der Waals surface area contributed by atoms with Crippen molar-refractivity contribution in [1.82, 2.24) is 18.7 Å². The summed E-state index contributed by atoms with van der Waals surface area (Å²) in [5.41, 5.74) is 17.1. The van der Waals surface area contributed by atoms with Crippen LogP contribution >= 0.6 is 0 Å².